The van der Waals surface area contributed by atoms with Crippen LogP contribution >= 0.6 is 0 Å². The number of carbonyl (C=O) groups excluding carboxylic acids is 1. The van der Waals surface area contributed by atoms with Gasteiger partial charge in [0.05, 0.1) is 6.10 Å². The first-order valence-corrected chi connectivity index (χ1v) is 8.47. The minimum Gasteiger partial charge on any atom is -0.384 e. The first-order chi connectivity index (χ1) is 10.7. The third-order valence-electron chi connectivity index (χ3n) is 4.20. The molecule has 1 amide bonds. The summed E-state index contributed by atoms with van der Waals surface area (Å²) >= 11 is 0. The van der Waals surface area contributed by atoms with Crippen LogP contribution in [-0.4, -0.2) is 31.7 Å². The van der Waals surface area contributed by atoms with Crippen molar-refractivity contribution in [1.82, 2.24) is 5.32 Å². The molecule has 2 N–H and O–H groups in total. The molecule has 1 atom stereocenters. The Balaban J connectivity index is 1.76. The molecular weight excluding hydrogens is 276 g/mol. The van der Waals surface area contributed by atoms with Crippen LogP contribution in [0.5, 0.6) is 0 Å². The van der Waals surface area contributed by atoms with Crippen molar-refractivity contribution in [2.24, 2.45) is 0 Å². The topological polar surface area (TPSA) is 50.4 Å². The molecule has 4 heteroatoms. The van der Waals surface area contributed by atoms with Gasteiger partial charge in [-0.25, -0.2) is 0 Å². The molecular formula is C18H28N2O2. The second-order valence-corrected chi connectivity index (χ2v) is 5.77. The Morgan fingerprint density at radius 2 is 2.00 bits per heavy atom. The number of hydrogen-bond acceptors (Lipinski definition) is 3. The fraction of sp³-hybridized carbons (Fsp3) is 0.611. The van der Waals surface area contributed by atoms with Gasteiger partial charge < -0.3 is 15.4 Å². The van der Waals surface area contributed by atoms with Gasteiger partial charge in [-0.05, 0) is 36.8 Å². The van der Waals surface area contributed by atoms with Crippen LogP contribution in [0.4, 0.5) is 5.69 Å². The molecule has 0 aliphatic carbocycles. The number of aryl methyl sites for hydroxylation is 2. The minimum atomic E-state index is 0.0926. The lowest BCUT2D eigenvalue weighted by atomic mass is 10.0. The fourth-order valence-electron chi connectivity index (χ4n) is 2.89. The number of ether oxygens (including phenoxy) is 1. The highest BCUT2D eigenvalue weighted by atomic mass is 16.5. The lowest BCUT2D eigenvalue weighted by Crippen LogP contribution is -2.32. The van der Waals surface area contributed by atoms with Gasteiger partial charge in [0, 0.05) is 31.8 Å². The normalized spacial score (nSPS) is 17.5. The second-order valence-electron chi connectivity index (χ2n) is 5.77. The van der Waals surface area contributed by atoms with Crippen molar-refractivity contribution in [3.63, 3.8) is 0 Å². The minimum absolute atomic E-state index is 0.0926. The molecule has 0 radical (unpaired) electrons. The Bertz CT molecular complexity index is 460. The van der Waals surface area contributed by atoms with Gasteiger partial charge in [0.2, 0.25) is 5.91 Å². The molecule has 1 heterocycles. The van der Waals surface area contributed by atoms with Gasteiger partial charge in [0.25, 0.3) is 0 Å². The molecule has 22 heavy (non-hydrogen) atoms. The van der Waals surface area contributed by atoms with Crippen LogP contribution in [0.25, 0.3) is 0 Å². The second kappa shape index (κ2) is 8.79. The van der Waals surface area contributed by atoms with Gasteiger partial charge in [0.15, 0.2) is 0 Å². The maximum absolute atomic E-state index is 11.9. The number of nitrogens with one attached hydrogen (secondary N) is 2. The van der Waals surface area contributed by atoms with E-state index in [4.69, 9.17) is 4.74 Å². The SMILES string of the molecule is CCc1cccc(CC)c1NCCC(=O)NCC1CCCO1. The Kier molecular flexibility index (Phi) is 6.72. The molecule has 1 unspecified atom stereocenters. The van der Waals surface area contributed by atoms with Gasteiger partial charge in [-0.15, -0.1) is 0 Å². The summed E-state index contributed by atoms with van der Waals surface area (Å²) < 4.78 is 5.51. The standard InChI is InChI=1S/C18H28N2O2/c1-3-14-7-5-8-15(4-2)18(14)19-11-10-17(21)20-13-16-9-6-12-22-16/h5,7-8,16,19H,3-4,6,9-13H2,1-2H3,(H,20,21). The Morgan fingerprint density at radius 3 is 2.59 bits per heavy atom. The zero-order chi connectivity index (χ0) is 15.8. The highest BCUT2D eigenvalue weighted by molar-refractivity contribution is 5.76. The summed E-state index contributed by atoms with van der Waals surface area (Å²) in [4.78, 5) is 11.9. The van der Waals surface area contributed by atoms with Gasteiger partial charge in [-0.2, -0.15) is 0 Å². The Morgan fingerprint density at radius 1 is 1.27 bits per heavy atom. The molecule has 0 aromatic heterocycles. The maximum Gasteiger partial charge on any atom is 0.221 e. The molecule has 4 nitrogen and oxygen atoms in total. The third-order valence-corrected chi connectivity index (χ3v) is 4.20. The van der Waals surface area contributed by atoms with E-state index in [0.29, 0.717) is 19.5 Å². The number of rotatable bonds is 8. The van der Waals surface area contributed by atoms with E-state index < -0.39 is 0 Å². The molecule has 1 saturated heterocycles. The van der Waals surface area contributed by atoms with E-state index in [9.17, 15) is 4.79 Å². The van der Waals surface area contributed by atoms with E-state index >= 15 is 0 Å². The largest absolute Gasteiger partial charge is 0.384 e. The van der Waals surface area contributed by atoms with Gasteiger partial charge >= 0.3 is 0 Å². The van der Waals surface area contributed by atoms with Crippen molar-refractivity contribution in [1.29, 1.82) is 0 Å². The number of benzene rings is 1. The van der Waals surface area contributed by atoms with Crippen LogP contribution in [0.15, 0.2) is 18.2 Å². The first kappa shape index (κ1) is 16.8. The molecule has 0 spiro atoms. The van der Waals surface area contributed by atoms with E-state index in [2.05, 4.69) is 42.7 Å². The maximum atomic E-state index is 11.9. The number of para-hydroxylation sites is 1. The smallest absolute Gasteiger partial charge is 0.221 e. The molecule has 2 rings (SSSR count). The predicted octanol–water partition coefficient (Wildman–Crippen LogP) is 2.91. The summed E-state index contributed by atoms with van der Waals surface area (Å²) in [7, 11) is 0. The molecule has 1 aliphatic rings. The molecule has 1 aliphatic heterocycles. The molecule has 122 valence electrons. The summed E-state index contributed by atoms with van der Waals surface area (Å²) in [5.41, 5.74) is 3.85. The van der Waals surface area contributed by atoms with Gasteiger partial charge in [-0.1, -0.05) is 32.0 Å². The van der Waals surface area contributed by atoms with Gasteiger partial charge in [0.1, 0.15) is 0 Å². The van der Waals surface area contributed by atoms with Crippen molar-refractivity contribution in [2.45, 2.75) is 52.1 Å². The monoisotopic (exact) mass is 304 g/mol. The van der Waals surface area contributed by atoms with E-state index in [0.717, 1.165) is 32.3 Å². The third kappa shape index (κ3) is 4.73. The first-order valence-electron chi connectivity index (χ1n) is 8.47. The van der Waals surface area contributed by atoms with Crippen LogP contribution < -0.4 is 10.6 Å². The quantitative estimate of drug-likeness (QED) is 0.776. The Hall–Kier alpha value is -1.55. The van der Waals surface area contributed by atoms with E-state index in [1.807, 2.05) is 0 Å². The van der Waals surface area contributed by atoms with Crippen LogP contribution in [0, 0.1) is 0 Å². The van der Waals surface area contributed by atoms with Crippen molar-refractivity contribution in [3.8, 4) is 0 Å². The lowest BCUT2D eigenvalue weighted by Gasteiger charge is -2.15. The van der Waals surface area contributed by atoms with Crippen molar-refractivity contribution < 1.29 is 9.53 Å². The van der Waals surface area contributed by atoms with Crippen LogP contribution in [0.3, 0.4) is 0 Å². The summed E-state index contributed by atoms with van der Waals surface area (Å²) in [6.07, 6.45) is 4.87. The number of carbonyl (C=O) groups is 1. The number of amides is 1. The molecule has 0 saturated carbocycles. The van der Waals surface area contributed by atoms with E-state index in [1.165, 1.54) is 16.8 Å². The summed E-state index contributed by atoms with van der Waals surface area (Å²) in [5, 5.41) is 6.41. The average molecular weight is 304 g/mol. The molecule has 1 aromatic rings. The molecule has 1 aromatic carbocycles. The number of anilines is 1. The predicted molar refractivity (Wildman–Crippen MR) is 90.3 cm³/mol. The number of hydrogen-bond donors (Lipinski definition) is 2. The fourth-order valence-corrected chi connectivity index (χ4v) is 2.89. The summed E-state index contributed by atoms with van der Waals surface area (Å²) in [6.45, 7) is 6.46. The zero-order valence-electron chi connectivity index (χ0n) is 13.8. The van der Waals surface area contributed by atoms with Crippen LogP contribution in [0.2, 0.25) is 0 Å². The van der Waals surface area contributed by atoms with Gasteiger partial charge in [-0.3, -0.25) is 4.79 Å². The molecule has 1 fully saturated rings. The van der Waals surface area contributed by atoms with E-state index in [-0.39, 0.29) is 12.0 Å². The Labute approximate surface area is 133 Å². The average Bonchev–Trinajstić information content (AvgIpc) is 3.06. The molecule has 0 bridgehead atoms. The van der Waals surface area contributed by atoms with Crippen LogP contribution in [0.1, 0.15) is 44.2 Å². The van der Waals surface area contributed by atoms with Crippen molar-refractivity contribution in [2.75, 3.05) is 25.0 Å². The van der Waals surface area contributed by atoms with E-state index in [1.54, 1.807) is 0 Å². The lowest BCUT2D eigenvalue weighted by molar-refractivity contribution is -0.121. The van der Waals surface area contributed by atoms with Crippen molar-refractivity contribution >= 4 is 11.6 Å². The summed E-state index contributed by atoms with van der Waals surface area (Å²) in [6, 6.07) is 6.41. The van der Waals surface area contributed by atoms with Crippen LogP contribution in [-0.2, 0) is 22.4 Å². The highest BCUT2D eigenvalue weighted by Gasteiger charge is 2.16. The summed E-state index contributed by atoms with van der Waals surface area (Å²) in [5.74, 6) is 0.0926. The zero-order valence-corrected chi connectivity index (χ0v) is 13.8. The highest BCUT2D eigenvalue weighted by Crippen LogP contribution is 2.22. The van der Waals surface area contributed by atoms with Crippen molar-refractivity contribution in [3.05, 3.63) is 29.3 Å².